The van der Waals surface area contributed by atoms with Crippen LogP contribution in [-0.4, -0.2) is 45.5 Å². The smallest absolute Gasteiger partial charge is 0.351 e. The number of aliphatic hydroxyl groups is 1. The topological polar surface area (TPSA) is 143 Å². The SMILES string of the molecule is C=C1[C@H](n2ccc(N)nc2=O)O[C@H](COC(=O)C(N)C(C)C)[C@H]1O. The molecule has 0 aliphatic carbocycles. The molecule has 132 valence electrons. The molecular formula is C15H22N4O5. The number of carbonyl (C=O) groups is 1. The van der Waals surface area contributed by atoms with E-state index in [-0.39, 0.29) is 23.9 Å². The van der Waals surface area contributed by atoms with E-state index in [1.807, 2.05) is 0 Å². The third-order valence-corrected chi connectivity index (χ3v) is 3.84. The van der Waals surface area contributed by atoms with Gasteiger partial charge in [-0.25, -0.2) is 4.79 Å². The lowest BCUT2D eigenvalue weighted by molar-refractivity contribution is -0.152. The van der Waals surface area contributed by atoms with Gasteiger partial charge in [-0.15, -0.1) is 0 Å². The van der Waals surface area contributed by atoms with Crippen LogP contribution >= 0.6 is 0 Å². The molecule has 1 aromatic heterocycles. The summed E-state index contributed by atoms with van der Waals surface area (Å²) in [7, 11) is 0. The Kier molecular flexibility index (Phi) is 5.37. The third-order valence-electron chi connectivity index (χ3n) is 3.84. The molecule has 24 heavy (non-hydrogen) atoms. The normalized spacial score (nSPS) is 25.0. The van der Waals surface area contributed by atoms with E-state index in [0.29, 0.717) is 0 Å². The van der Waals surface area contributed by atoms with Gasteiger partial charge in [0.25, 0.3) is 0 Å². The van der Waals surface area contributed by atoms with E-state index < -0.39 is 36.1 Å². The lowest BCUT2D eigenvalue weighted by Crippen LogP contribution is -2.39. The Morgan fingerprint density at radius 2 is 2.25 bits per heavy atom. The minimum atomic E-state index is -1.09. The van der Waals surface area contributed by atoms with E-state index in [4.69, 9.17) is 20.9 Å². The number of nitrogen functional groups attached to an aromatic ring is 1. The number of hydrogen-bond acceptors (Lipinski definition) is 8. The number of hydrogen-bond donors (Lipinski definition) is 3. The van der Waals surface area contributed by atoms with Gasteiger partial charge in [-0.05, 0) is 12.0 Å². The third kappa shape index (κ3) is 3.64. The summed E-state index contributed by atoms with van der Waals surface area (Å²) < 4.78 is 11.8. The van der Waals surface area contributed by atoms with Crippen LogP contribution in [0.5, 0.6) is 0 Å². The average Bonchev–Trinajstić information content (AvgIpc) is 2.80. The Labute approximate surface area is 138 Å². The maximum atomic E-state index is 11.9. The largest absolute Gasteiger partial charge is 0.462 e. The molecule has 9 nitrogen and oxygen atoms in total. The highest BCUT2D eigenvalue weighted by molar-refractivity contribution is 5.75. The summed E-state index contributed by atoms with van der Waals surface area (Å²) in [6.45, 7) is 7.13. The van der Waals surface area contributed by atoms with Crippen LogP contribution in [0.25, 0.3) is 0 Å². The number of nitrogens with two attached hydrogens (primary N) is 2. The van der Waals surface area contributed by atoms with Gasteiger partial charge in [0, 0.05) is 11.8 Å². The number of aliphatic hydroxyl groups excluding tert-OH is 1. The number of esters is 1. The van der Waals surface area contributed by atoms with Gasteiger partial charge < -0.3 is 26.0 Å². The predicted octanol–water partition coefficient (Wildman–Crippen LogP) is -0.833. The Bertz CT molecular complexity index is 687. The Morgan fingerprint density at radius 1 is 1.58 bits per heavy atom. The lowest BCUT2D eigenvalue weighted by Gasteiger charge is -2.18. The summed E-state index contributed by atoms with van der Waals surface area (Å²) in [6.07, 6.45) is -1.46. The lowest BCUT2D eigenvalue weighted by atomic mass is 10.1. The molecule has 2 rings (SSSR count). The second kappa shape index (κ2) is 7.12. The summed E-state index contributed by atoms with van der Waals surface area (Å²) in [6, 6.07) is 0.672. The van der Waals surface area contributed by atoms with Crippen molar-refractivity contribution in [2.45, 2.75) is 38.3 Å². The molecule has 0 saturated carbocycles. The van der Waals surface area contributed by atoms with Crippen molar-refractivity contribution in [3.05, 3.63) is 34.9 Å². The number of rotatable bonds is 5. The predicted molar refractivity (Wildman–Crippen MR) is 85.7 cm³/mol. The van der Waals surface area contributed by atoms with E-state index in [2.05, 4.69) is 11.6 Å². The second-order valence-corrected chi connectivity index (χ2v) is 5.99. The number of ether oxygens (including phenoxy) is 2. The second-order valence-electron chi connectivity index (χ2n) is 5.99. The summed E-state index contributed by atoms with van der Waals surface area (Å²) >= 11 is 0. The zero-order valence-electron chi connectivity index (χ0n) is 13.6. The summed E-state index contributed by atoms with van der Waals surface area (Å²) in [5.74, 6) is -0.580. The van der Waals surface area contributed by atoms with Gasteiger partial charge in [-0.3, -0.25) is 9.36 Å². The van der Waals surface area contributed by atoms with Gasteiger partial charge >= 0.3 is 11.7 Å². The molecular weight excluding hydrogens is 316 g/mol. The van der Waals surface area contributed by atoms with Crippen molar-refractivity contribution in [1.29, 1.82) is 0 Å². The Hall–Kier alpha value is -2.23. The molecule has 1 unspecified atom stereocenters. The van der Waals surface area contributed by atoms with Crippen LogP contribution in [0.4, 0.5) is 5.82 Å². The maximum absolute atomic E-state index is 11.9. The number of anilines is 1. The summed E-state index contributed by atoms with van der Waals surface area (Å²) in [4.78, 5) is 27.3. The maximum Gasteiger partial charge on any atom is 0.351 e. The van der Waals surface area contributed by atoms with Gasteiger partial charge in [0.2, 0.25) is 0 Å². The zero-order valence-corrected chi connectivity index (χ0v) is 13.6. The van der Waals surface area contributed by atoms with Crippen LogP contribution in [0.2, 0.25) is 0 Å². The van der Waals surface area contributed by atoms with E-state index in [1.165, 1.54) is 12.3 Å². The van der Waals surface area contributed by atoms with Crippen LogP contribution in [-0.2, 0) is 14.3 Å². The van der Waals surface area contributed by atoms with Crippen LogP contribution < -0.4 is 17.2 Å². The van der Waals surface area contributed by atoms with E-state index in [0.717, 1.165) is 4.57 Å². The first-order valence-electron chi connectivity index (χ1n) is 7.51. The standard InChI is InChI=1S/C15H22N4O5/c1-7(2)11(17)14(21)23-6-9-12(20)8(3)13(24-9)19-5-4-10(16)18-15(19)22/h4-5,7,9,11-13,20H,3,6,17H2,1-2H3,(H2,16,18,22)/t9-,11?,12+,13-/m1/s1. The number of carbonyl (C=O) groups excluding carboxylic acids is 1. The monoisotopic (exact) mass is 338 g/mol. The minimum absolute atomic E-state index is 0.0749. The quantitative estimate of drug-likeness (QED) is 0.466. The highest BCUT2D eigenvalue weighted by Crippen LogP contribution is 2.32. The number of aromatic nitrogens is 2. The summed E-state index contributed by atoms with van der Waals surface area (Å²) in [5, 5.41) is 10.2. The Morgan fingerprint density at radius 3 is 2.83 bits per heavy atom. The van der Waals surface area contributed by atoms with Crippen molar-refractivity contribution < 1.29 is 19.4 Å². The zero-order chi connectivity index (χ0) is 18.0. The first-order valence-corrected chi connectivity index (χ1v) is 7.51. The molecule has 1 aliphatic heterocycles. The molecule has 1 saturated heterocycles. The molecule has 0 amide bonds. The molecule has 9 heteroatoms. The fourth-order valence-corrected chi connectivity index (χ4v) is 2.22. The van der Waals surface area contributed by atoms with Crippen molar-refractivity contribution in [3.8, 4) is 0 Å². The first-order chi connectivity index (χ1) is 11.2. The minimum Gasteiger partial charge on any atom is -0.462 e. The van der Waals surface area contributed by atoms with Crippen molar-refractivity contribution in [2.24, 2.45) is 11.7 Å². The molecule has 1 aromatic rings. The molecule has 1 fully saturated rings. The van der Waals surface area contributed by atoms with Crippen LogP contribution in [0, 0.1) is 5.92 Å². The van der Waals surface area contributed by atoms with Crippen molar-refractivity contribution in [1.82, 2.24) is 9.55 Å². The van der Waals surface area contributed by atoms with Crippen molar-refractivity contribution in [2.75, 3.05) is 12.3 Å². The van der Waals surface area contributed by atoms with Crippen LogP contribution in [0.3, 0.4) is 0 Å². The van der Waals surface area contributed by atoms with Gasteiger partial charge in [-0.2, -0.15) is 4.98 Å². The highest BCUT2D eigenvalue weighted by Gasteiger charge is 2.40. The molecule has 0 aromatic carbocycles. The van der Waals surface area contributed by atoms with Gasteiger partial charge in [0.1, 0.15) is 30.7 Å². The van der Waals surface area contributed by atoms with E-state index in [9.17, 15) is 14.7 Å². The molecule has 1 aliphatic rings. The molecule has 0 bridgehead atoms. The fourth-order valence-electron chi connectivity index (χ4n) is 2.22. The van der Waals surface area contributed by atoms with Gasteiger partial charge in [-0.1, -0.05) is 20.4 Å². The molecule has 0 radical (unpaired) electrons. The van der Waals surface area contributed by atoms with E-state index in [1.54, 1.807) is 13.8 Å². The summed E-state index contributed by atoms with van der Waals surface area (Å²) in [5.41, 5.74) is 10.8. The van der Waals surface area contributed by atoms with Crippen molar-refractivity contribution in [3.63, 3.8) is 0 Å². The first kappa shape index (κ1) is 18.1. The van der Waals surface area contributed by atoms with E-state index >= 15 is 0 Å². The van der Waals surface area contributed by atoms with Crippen molar-refractivity contribution >= 4 is 11.8 Å². The average molecular weight is 338 g/mol. The molecule has 2 heterocycles. The molecule has 5 N–H and O–H groups in total. The van der Waals surface area contributed by atoms with Crippen LogP contribution in [0.1, 0.15) is 20.1 Å². The fraction of sp³-hybridized carbons (Fsp3) is 0.533. The molecule has 4 atom stereocenters. The van der Waals surface area contributed by atoms with Crippen LogP contribution in [0.15, 0.2) is 29.2 Å². The van der Waals surface area contributed by atoms with Gasteiger partial charge in [0.15, 0.2) is 6.23 Å². The van der Waals surface area contributed by atoms with Gasteiger partial charge in [0.05, 0.1) is 0 Å². The highest BCUT2D eigenvalue weighted by atomic mass is 16.6. The molecule has 0 spiro atoms. The Balaban J connectivity index is 2.06. The number of nitrogens with zero attached hydrogens (tertiary/aromatic N) is 2.